The number of hydrogen-bond donors (Lipinski definition) is 1. The van der Waals surface area contributed by atoms with Gasteiger partial charge in [-0.2, -0.15) is 0 Å². The lowest BCUT2D eigenvalue weighted by Gasteiger charge is -2.39. The fourth-order valence-corrected chi connectivity index (χ4v) is 3.42. The number of piperazine rings is 1. The SMILES string of the molecule is CN1CCOC(CNC2=NCC3CN(C(=O)OC(C)(C)C)CCN23)C1. The van der Waals surface area contributed by atoms with Gasteiger partial charge in [0.2, 0.25) is 0 Å². The molecular formula is C17H31N5O3. The van der Waals surface area contributed by atoms with E-state index in [0.29, 0.717) is 19.6 Å². The van der Waals surface area contributed by atoms with Gasteiger partial charge in [-0.15, -0.1) is 0 Å². The number of fused-ring (bicyclic) bond motifs is 1. The van der Waals surface area contributed by atoms with Gasteiger partial charge in [-0.1, -0.05) is 0 Å². The van der Waals surface area contributed by atoms with Gasteiger partial charge in [-0.25, -0.2) is 4.79 Å². The molecule has 0 aromatic rings. The van der Waals surface area contributed by atoms with E-state index in [0.717, 1.165) is 38.7 Å². The van der Waals surface area contributed by atoms with Crippen LogP contribution in [0.1, 0.15) is 20.8 Å². The number of morpholine rings is 1. The molecule has 0 radical (unpaired) electrons. The standard InChI is InChI=1S/C17H31N5O3/c1-17(2,3)25-16(23)21-5-6-22-13(11-21)9-18-15(22)19-10-14-12-20(4)7-8-24-14/h13-14H,5-12H2,1-4H3,(H,18,19). The maximum atomic E-state index is 12.3. The summed E-state index contributed by atoms with van der Waals surface area (Å²) in [6.45, 7) is 12.0. The fraction of sp³-hybridized carbons (Fsp3) is 0.882. The van der Waals surface area contributed by atoms with Crippen LogP contribution in [0.2, 0.25) is 0 Å². The first-order valence-corrected chi connectivity index (χ1v) is 9.15. The second kappa shape index (κ2) is 7.37. The number of carbonyl (C=O) groups is 1. The number of rotatable bonds is 2. The minimum atomic E-state index is -0.458. The monoisotopic (exact) mass is 353 g/mol. The molecule has 2 fully saturated rings. The highest BCUT2D eigenvalue weighted by Crippen LogP contribution is 2.18. The number of nitrogens with one attached hydrogen (secondary N) is 1. The van der Waals surface area contributed by atoms with Crippen molar-refractivity contribution in [3.8, 4) is 0 Å². The van der Waals surface area contributed by atoms with Crippen molar-refractivity contribution in [1.29, 1.82) is 0 Å². The van der Waals surface area contributed by atoms with E-state index in [1.165, 1.54) is 0 Å². The Morgan fingerprint density at radius 3 is 2.84 bits per heavy atom. The molecule has 25 heavy (non-hydrogen) atoms. The Hall–Kier alpha value is -1.54. The third kappa shape index (κ3) is 4.76. The molecule has 8 heteroatoms. The van der Waals surface area contributed by atoms with Gasteiger partial charge in [0, 0.05) is 39.3 Å². The van der Waals surface area contributed by atoms with E-state index in [4.69, 9.17) is 9.47 Å². The van der Waals surface area contributed by atoms with Crippen molar-refractivity contribution < 1.29 is 14.3 Å². The second-order valence-electron chi connectivity index (χ2n) is 8.07. The summed E-state index contributed by atoms with van der Waals surface area (Å²) in [4.78, 5) is 23.2. The number of ether oxygens (including phenoxy) is 2. The molecule has 2 saturated heterocycles. The van der Waals surface area contributed by atoms with E-state index in [2.05, 4.69) is 27.2 Å². The number of hydrogen-bond acceptors (Lipinski definition) is 7. The van der Waals surface area contributed by atoms with Crippen LogP contribution in [0, 0.1) is 0 Å². The number of nitrogens with zero attached hydrogens (tertiary/aromatic N) is 4. The van der Waals surface area contributed by atoms with Gasteiger partial charge >= 0.3 is 6.09 Å². The van der Waals surface area contributed by atoms with Crippen molar-refractivity contribution in [2.75, 3.05) is 59.5 Å². The molecule has 8 nitrogen and oxygen atoms in total. The third-order valence-electron chi connectivity index (χ3n) is 4.69. The minimum Gasteiger partial charge on any atom is -0.444 e. The van der Waals surface area contributed by atoms with E-state index in [1.807, 2.05) is 20.8 Å². The van der Waals surface area contributed by atoms with Crippen molar-refractivity contribution in [1.82, 2.24) is 20.0 Å². The van der Waals surface area contributed by atoms with Crippen molar-refractivity contribution in [3.05, 3.63) is 0 Å². The predicted molar refractivity (Wildman–Crippen MR) is 95.8 cm³/mol. The molecule has 142 valence electrons. The van der Waals surface area contributed by atoms with Crippen LogP contribution in [0.3, 0.4) is 0 Å². The molecule has 1 N–H and O–H groups in total. The fourth-order valence-electron chi connectivity index (χ4n) is 3.42. The van der Waals surface area contributed by atoms with Crippen LogP contribution in [0.25, 0.3) is 0 Å². The molecule has 3 aliphatic rings. The first-order chi connectivity index (χ1) is 11.8. The van der Waals surface area contributed by atoms with Crippen LogP contribution in [0.4, 0.5) is 4.79 Å². The van der Waals surface area contributed by atoms with Crippen LogP contribution < -0.4 is 5.32 Å². The van der Waals surface area contributed by atoms with E-state index >= 15 is 0 Å². The van der Waals surface area contributed by atoms with Gasteiger partial charge in [0.15, 0.2) is 5.96 Å². The van der Waals surface area contributed by atoms with Crippen LogP contribution in [0.5, 0.6) is 0 Å². The number of amides is 1. The Balaban J connectivity index is 1.46. The third-order valence-corrected chi connectivity index (χ3v) is 4.69. The molecule has 0 spiro atoms. The normalized spacial score (nSPS) is 27.8. The molecule has 0 aliphatic carbocycles. The lowest BCUT2D eigenvalue weighted by Crippen LogP contribution is -2.58. The molecule has 3 aliphatic heterocycles. The summed E-state index contributed by atoms with van der Waals surface area (Å²) < 4.78 is 11.3. The number of aliphatic imine (C=N–C) groups is 1. The largest absolute Gasteiger partial charge is 0.444 e. The molecule has 0 aromatic carbocycles. The second-order valence-corrected chi connectivity index (χ2v) is 8.07. The van der Waals surface area contributed by atoms with Crippen LogP contribution in [-0.4, -0.2) is 104 Å². The van der Waals surface area contributed by atoms with E-state index in [1.54, 1.807) is 4.90 Å². The van der Waals surface area contributed by atoms with Crippen LogP contribution in [0.15, 0.2) is 4.99 Å². The van der Waals surface area contributed by atoms with Crippen LogP contribution >= 0.6 is 0 Å². The van der Waals surface area contributed by atoms with Crippen LogP contribution in [-0.2, 0) is 9.47 Å². The van der Waals surface area contributed by atoms with Gasteiger partial charge in [0.05, 0.1) is 25.3 Å². The topological polar surface area (TPSA) is 69.6 Å². The lowest BCUT2D eigenvalue weighted by atomic mass is 10.2. The zero-order chi connectivity index (χ0) is 18.0. The summed E-state index contributed by atoms with van der Waals surface area (Å²) in [5.41, 5.74) is -0.458. The summed E-state index contributed by atoms with van der Waals surface area (Å²) >= 11 is 0. The smallest absolute Gasteiger partial charge is 0.410 e. The summed E-state index contributed by atoms with van der Waals surface area (Å²) in [5, 5.41) is 3.44. The summed E-state index contributed by atoms with van der Waals surface area (Å²) in [6, 6.07) is 0.235. The summed E-state index contributed by atoms with van der Waals surface area (Å²) in [6.07, 6.45) is -0.0317. The highest BCUT2D eigenvalue weighted by molar-refractivity contribution is 5.82. The van der Waals surface area contributed by atoms with E-state index in [-0.39, 0.29) is 18.2 Å². The quantitative estimate of drug-likeness (QED) is 0.765. The predicted octanol–water partition coefficient (Wildman–Crippen LogP) is 0.198. The van der Waals surface area contributed by atoms with Crippen molar-refractivity contribution in [2.24, 2.45) is 4.99 Å². The average molecular weight is 353 g/mol. The van der Waals surface area contributed by atoms with Gasteiger partial charge in [0.1, 0.15) is 5.60 Å². The zero-order valence-corrected chi connectivity index (χ0v) is 15.8. The Kier molecular flexibility index (Phi) is 5.38. The Morgan fingerprint density at radius 1 is 1.32 bits per heavy atom. The number of likely N-dealkylation sites (N-methyl/N-ethyl adjacent to an activating group) is 1. The first-order valence-electron chi connectivity index (χ1n) is 9.15. The molecule has 1 amide bonds. The lowest BCUT2D eigenvalue weighted by molar-refractivity contribution is -0.0165. The van der Waals surface area contributed by atoms with Crippen molar-refractivity contribution in [2.45, 2.75) is 38.5 Å². The van der Waals surface area contributed by atoms with Gasteiger partial charge in [-0.05, 0) is 27.8 Å². The van der Waals surface area contributed by atoms with Crippen molar-refractivity contribution >= 4 is 12.1 Å². The molecule has 0 bridgehead atoms. The average Bonchev–Trinajstić information content (AvgIpc) is 2.93. The Morgan fingerprint density at radius 2 is 2.12 bits per heavy atom. The molecule has 3 heterocycles. The van der Waals surface area contributed by atoms with Gasteiger partial charge < -0.3 is 29.5 Å². The Labute approximate surface area is 150 Å². The molecule has 3 rings (SSSR count). The summed E-state index contributed by atoms with van der Waals surface area (Å²) in [5.74, 6) is 0.936. The number of carbonyl (C=O) groups excluding carboxylic acids is 1. The van der Waals surface area contributed by atoms with E-state index in [9.17, 15) is 4.79 Å². The minimum absolute atomic E-state index is 0.198. The van der Waals surface area contributed by atoms with E-state index < -0.39 is 5.60 Å². The highest BCUT2D eigenvalue weighted by atomic mass is 16.6. The van der Waals surface area contributed by atoms with Gasteiger partial charge in [0.25, 0.3) is 0 Å². The molecule has 0 aromatic heterocycles. The molecular weight excluding hydrogens is 322 g/mol. The first kappa shape index (κ1) is 18.3. The molecule has 2 atom stereocenters. The van der Waals surface area contributed by atoms with Crippen molar-refractivity contribution in [3.63, 3.8) is 0 Å². The molecule has 0 saturated carbocycles. The highest BCUT2D eigenvalue weighted by Gasteiger charge is 2.36. The maximum absolute atomic E-state index is 12.3. The van der Waals surface area contributed by atoms with Gasteiger partial charge in [-0.3, -0.25) is 4.99 Å². The molecule has 2 unspecified atom stereocenters. The summed E-state index contributed by atoms with van der Waals surface area (Å²) in [7, 11) is 2.12. The Bertz CT molecular complexity index is 519. The number of guanidine groups is 1. The zero-order valence-electron chi connectivity index (χ0n) is 15.8. The maximum Gasteiger partial charge on any atom is 0.410 e.